The van der Waals surface area contributed by atoms with Gasteiger partial charge in [0.15, 0.2) is 0 Å². The highest BCUT2D eigenvalue weighted by atomic mass is 32.2. The Labute approximate surface area is 118 Å². The molecule has 0 spiro atoms. The normalized spacial score (nSPS) is 11.3. The first-order chi connectivity index (χ1) is 9.26. The fourth-order valence-corrected chi connectivity index (χ4v) is 2.46. The Balaban J connectivity index is 2.95. The minimum Gasteiger partial charge on any atom is -0.478 e. The number of ether oxygens (including phenoxy) is 1. The van der Waals surface area contributed by atoms with E-state index in [0.717, 1.165) is 0 Å². The Hall–Kier alpha value is -1.64. The predicted octanol–water partition coefficient (Wildman–Crippen LogP) is 0.894. The molecule has 0 radical (unpaired) electrons. The summed E-state index contributed by atoms with van der Waals surface area (Å²) in [7, 11) is -2.29. The molecule has 1 aromatic rings. The van der Waals surface area contributed by atoms with Crippen molar-refractivity contribution >= 4 is 21.9 Å². The first kappa shape index (κ1) is 16.4. The number of hydrogen-bond acceptors (Lipinski definition) is 4. The van der Waals surface area contributed by atoms with Crippen LogP contribution in [0, 0.1) is 13.8 Å². The van der Waals surface area contributed by atoms with Crippen LogP contribution in [0.5, 0.6) is 0 Å². The Morgan fingerprint density at radius 2 is 2.00 bits per heavy atom. The van der Waals surface area contributed by atoms with E-state index in [1.54, 1.807) is 19.9 Å². The number of carboxylic acids is 1. The Kier molecular flexibility index (Phi) is 5.49. The van der Waals surface area contributed by atoms with Crippen molar-refractivity contribution in [3.63, 3.8) is 0 Å². The van der Waals surface area contributed by atoms with Crippen molar-refractivity contribution in [1.82, 2.24) is 4.72 Å². The van der Waals surface area contributed by atoms with E-state index in [4.69, 9.17) is 9.84 Å². The van der Waals surface area contributed by atoms with Crippen molar-refractivity contribution < 1.29 is 23.1 Å². The van der Waals surface area contributed by atoms with Crippen molar-refractivity contribution in [3.05, 3.63) is 28.8 Å². The summed E-state index contributed by atoms with van der Waals surface area (Å²) in [4.78, 5) is 11.1. The molecule has 20 heavy (non-hydrogen) atoms. The maximum absolute atomic E-state index is 11.7. The number of benzene rings is 1. The highest BCUT2D eigenvalue weighted by Gasteiger charge is 2.14. The van der Waals surface area contributed by atoms with Gasteiger partial charge in [-0.3, -0.25) is 4.72 Å². The first-order valence-corrected chi connectivity index (χ1v) is 7.36. The second kappa shape index (κ2) is 6.69. The molecule has 0 atom stereocenters. The molecule has 0 bridgehead atoms. The molecule has 8 heteroatoms. The number of carboxylic acid groups (broad SMARTS) is 1. The van der Waals surface area contributed by atoms with Crippen molar-refractivity contribution in [2.45, 2.75) is 13.8 Å². The van der Waals surface area contributed by atoms with Gasteiger partial charge in [0.05, 0.1) is 17.9 Å². The molecule has 0 amide bonds. The van der Waals surface area contributed by atoms with E-state index in [2.05, 4.69) is 9.44 Å². The summed E-state index contributed by atoms with van der Waals surface area (Å²) in [6, 6.07) is 2.87. The van der Waals surface area contributed by atoms with E-state index < -0.39 is 16.2 Å². The molecule has 0 heterocycles. The van der Waals surface area contributed by atoms with Gasteiger partial charge in [-0.2, -0.15) is 13.1 Å². The average Bonchev–Trinajstić information content (AvgIpc) is 2.32. The second-order valence-corrected chi connectivity index (χ2v) is 5.76. The van der Waals surface area contributed by atoms with Gasteiger partial charge in [-0.1, -0.05) is 0 Å². The van der Waals surface area contributed by atoms with Crippen LogP contribution in [0.25, 0.3) is 0 Å². The van der Waals surface area contributed by atoms with Crippen molar-refractivity contribution in [2.24, 2.45) is 0 Å². The molecule has 1 rings (SSSR count). The van der Waals surface area contributed by atoms with Crippen LogP contribution in [0.2, 0.25) is 0 Å². The molecule has 3 N–H and O–H groups in total. The zero-order valence-corrected chi connectivity index (χ0v) is 12.4. The summed E-state index contributed by atoms with van der Waals surface area (Å²) < 4.78 is 32.8. The van der Waals surface area contributed by atoms with Crippen molar-refractivity contribution in [3.8, 4) is 0 Å². The number of methoxy groups -OCH3 is 1. The Morgan fingerprint density at radius 3 is 2.55 bits per heavy atom. The van der Waals surface area contributed by atoms with Crippen molar-refractivity contribution in [2.75, 3.05) is 25.0 Å². The smallest absolute Gasteiger partial charge is 0.336 e. The third-order valence-electron chi connectivity index (χ3n) is 2.75. The number of aryl methyl sites for hydroxylation is 1. The summed E-state index contributed by atoms with van der Waals surface area (Å²) in [6.45, 7) is 3.77. The van der Waals surface area contributed by atoms with E-state index in [0.29, 0.717) is 11.1 Å². The molecule has 0 aromatic heterocycles. The van der Waals surface area contributed by atoms with Crippen LogP contribution in [-0.2, 0) is 14.9 Å². The molecule has 1 aromatic carbocycles. The molecular formula is C12H18N2O5S. The standard InChI is InChI=1S/C12H18N2O5S/c1-8-6-10(7-11(9(8)2)12(15)16)14-20(17,18)13-4-5-19-3/h6-7,13-14H,4-5H2,1-3H3,(H,15,16). The lowest BCUT2D eigenvalue weighted by Gasteiger charge is -2.12. The summed E-state index contributed by atoms with van der Waals surface area (Å²) in [6.07, 6.45) is 0. The SMILES string of the molecule is COCCNS(=O)(=O)Nc1cc(C)c(C)c(C(=O)O)c1. The predicted molar refractivity (Wildman–Crippen MR) is 75.3 cm³/mol. The molecule has 7 nitrogen and oxygen atoms in total. The van der Waals surface area contributed by atoms with Gasteiger partial charge in [0.2, 0.25) is 0 Å². The molecule has 112 valence electrons. The third kappa shape index (κ3) is 4.48. The summed E-state index contributed by atoms with van der Waals surface area (Å²) in [5.74, 6) is -1.10. The van der Waals surface area contributed by atoms with Gasteiger partial charge in [0, 0.05) is 13.7 Å². The fraction of sp³-hybridized carbons (Fsp3) is 0.417. The molecule has 0 saturated heterocycles. The minimum atomic E-state index is -3.75. The lowest BCUT2D eigenvalue weighted by molar-refractivity contribution is 0.0696. The van der Waals surface area contributed by atoms with Crippen LogP contribution < -0.4 is 9.44 Å². The van der Waals surface area contributed by atoms with Gasteiger partial charge in [0.1, 0.15) is 0 Å². The van der Waals surface area contributed by atoms with E-state index in [1.165, 1.54) is 13.2 Å². The topological polar surface area (TPSA) is 105 Å². The fourth-order valence-electron chi connectivity index (χ4n) is 1.61. The van der Waals surface area contributed by atoms with Crippen LogP contribution in [0.15, 0.2) is 12.1 Å². The molecule has 0 unspecified atom stereocenters. The van der Waals surface area contributed by atoms with Gasteiger partial charge < -0.3 is 9.84 Å². The Morgan fingerprint density at radius 1 is 1.35 bits per heavy atom. The average molecular weight is 302 g/mol. The number of anilines is 1. The Bertz CT molecular complexity index is 598. The van der Waals surface area contributed by atoms with Crippen molar-refractivity contribution in [1.29, 1.82) is 0 Å². The summed E-state index contributed by atoms with van der Waals surface area (Å²) in [5, 5.41) is 9.08. The third-order valence-corrected chi connectivity index (χ3v) is 3.84. The van der Waals surface area contributed by atoms with Crippen LogP contribution in [0.4, 0.5) is 5.69 Å². The van der Waals surface area contributed by atoms with Gasteiger partial charge in [-0.15, -0.1) is 0 Å². The van der Waals surface area contributed by atoms with E-state index >= 15 is 0 Å². The second-order valence-electron chi connectivity index (χ2n) is 4.26. The van der Waals surface area contributed by atoms with Gasteiger partial charge in [0.25, 0.3) is 10.2 Å². The molecule has 0 saturated carbocycles. The molecule has 0 aliphatic heterocycles. The molecule has 0 aliphatic carbocycles. The number of aromatic carboxylic acids is 1. The van der Waals surface area contributed by atoms with Gasteiger partial charge >= 0.3 is 5.97 Å². The van der Waals surface area contributed by atoms with E-state index in [1.807, 2.05) is 0 Å². The van der Waals surface area contributed by atoms with Gasteiger partial charge in [-0.25, -0.2) is 4.79 Å². The lowest BCUT2D eigenvalue weighted by atomic mass is 10.0. The zero-order chi connectivity index (χ0) is 15.3. The van der Waals surface area contributed by atoms with E-state index in [-0.39, 0.29) is 24.4 Å². The summed E-state index contributed by atoms with van der Waals surface area (Å²) in [5.41, 5.74) is 1.57. The number of rotatable bonds is 7. The highest BCUT2D eigenvalue weighted by molar-refractivity contribution is 7.90. The number of hydrogen-bond donors (Lipinski definition) is 3. The lowest BCUT2D eigenvalue weighted by Crippen LogP contribution is -2.32. The molecule has 0 fully saturated rings. The number of nitrogens with one attached hydrogen (secondary N) is 2. The van der Waals surface area contributed by atoms with E-state index in [9.17, 15) is 13.2 Å². The summed E-state index contributed by atoms with van der Waals surface area (Å²) >= 11 is 0. The highest BCUT2D eigenvalue weighted by Crippen LogP contribution is 2.20. The largest absolute Gasteiger partial charge is 0.478 e. The maximum Gasteiger partial charge on any atom is 0.336 e. The van der Waals surface area contributed by atoms with Crippen LogP contribution in [-0.4, -0.2) is 39.8 Å². The van der Waals surface area contributed by atoms with Crippen LogP contribution >= 0.6 is 0 Å². The zero-order valence-electron chi connectivity index (χ0n) is 11.6. The minimum absolute atomic E-state index is 0.0691. The monoisotopic (exact) mass is 302 g/mol. The molecular weight excluding hydrogens is 284 g/mol. The number of carbonyl (C=O) groups is 1. The maximum atomic E-state index is 11.7. The van der Waals surface area contributed by atoms with Crippen LogP contribution in [0.3, 0.4) is 0 Å². The van der Waals surface area contributed by atoms with Crippen LogP contribution in [0.1, 0.15) is 21.5 Å². The first-order valence-electron chi connectivity index (χ1n) is 5.87. The quantitative estimate of drug-likeness (QED) is 0.649. The van der Waals surface area contributed by atoms with Gasteiger partial charge in [-0.05, 0) is 37.1 Å². The molecule has 0 aliphatic rings.